The normalized spacial score (nSPS) is 26.1. The van der Waals surface area contributed by atoms with Gasteiger partial charge in [0.2, 0.25) is 5.95 Å². The minimum atomic E-state index is -0.114. The molecule has 2 heterocycles. The van der Waals surface area contributed by atoms with E-state index in [0.29, 0.717) is 5.96 Å². The Morgan fingerprint density at radius 1 is 1.06 bits per heavy atom. The lowest BCUT2D eigenvalue weighted by atomic mass is 9.69. The zero-order valence-corrected chi connectivity index (χ0v) is 18.5. The van der Waals surface area contributed by atoms with Crippen molar-refractivity contribution in [3.05, 3.63) is 54.1 Å². The number of guanidine groups is 1. The molecule has 2 aromatic carbocycles. The summed E-state index contributed by atoms with van der Waals surface area (Å²) in [6.45, 7) is 0.829. The molecular formula is C24H31N7. The molecule has 1 aromatic heterocycles. The Bertz CT molecular complexity index is 1110. The van der Waals surface area contributed by atoms with Gasteiger partial charge < -0.3 is 20.9 Å². The predicted octanol–water partition coefficient (Wildman–Crippen LogP) is 3.51. The molecule has 1 aliphatic heterocycles. The first-order valence-electron chi connectivity index (χ1n) is 11.0. The summed E-state index contributed by atoms with van der Waals surface area (Å²) in [5, 5.41) is 3.06. The van der Waals surface area contributed by atoms with E-state index in [1.807, 2.05) is 13.1 Å². The Morgan fingerprint density at radius 2 is 1.81 bits per heavy atom. The molecule has 3 aromatic rings. The minimum Gasteiger partial charge on any atom is -0.369 e. The Labute approximate surface area is 183 Å². The fourth-order valence-electron chi connectivity index (χ4n) is 5.36. The van der Waals surface area contributed by atoms with E-state index in [0.717, 1.165) is 54.9 Å². The number of nitrogens with zero attached hydrogens (tertiary/aromatic N) is 4. The number of rotatable bonds is 4. The van der Waals surface area contributed by atoms with Gasteiger partial charge in [0.05, 0.1) is 23.1 Å². The third-order valence-corrected chi connectivity index (χ3v) is 7.27. The first-order chi connectivity index (χ1) is 14.9. The van der Waals surface area contributed by atoms with E-state index in [9.17, 15) is 0 Å². The third kappa shape index (κ3) is 3.24. The topological polar surface area (TPSA) is 85.6 Å². The second-order valence-corrected chi connectivity index (χ2v) is 9.11. The lowest BCUT2D eigenvalue weighted by Crippen LogP contribution is -2.50. The molecule has 1 saturated carbocycles. The van der Waals surface area contributed by atoms with Gasteiger partial charge >= 0.3 is 0 Å². The Kier molecular flexibility index (Phi) is 4.66. The summed E-state index contributed by atoms with van der Waals surface area (Å²) in [7, 11) is 6.25. The zero-order valence-electron chi connectivity index (χ0n) is 18.5. The van der Waals surface area contributed by atoms with Gasteiger partial charge in [-0.3, -0.25) is 4.90 Å². The molecule has 1 fully saturated rings. The number of benzene rings is 2. The van der Waals surface area contributed by atoms with Crippen LogP contribution in [-0.2, 0) is 5.54 Å². The van der Waals surface area contributed by atoms with E-state index in [1.165, 1.54) is 5.56 Å². The highest BCUT2D eigenvalue weighted by Crippen LogP contribution is 2.47. The second kappa shape index (κ2) is 7.27. The summed E-state index contributed by atoms with van der Waals surface area (Å²) in [5.74, 6) is 1.38. The van der Waals surface area contributed by atoms with Crippen LogP contribution in [0, 0.1) is 0 Å². The van der Waals surface area contributed by atoms with Crippen molar-refractivity contribution >= 4 is 28.6 Å². The molecule has 1 spiro atoms. The van der Waals surface area contributed by atoms with Crippen LogP contribution in [0.15, 0.2) is 53.5 Å². The highest BCUT2D eigenvalue weighted by Gasteiger charge is 2.48. The van der Waals surface area contributed by atoms with Crippen molar-refractivity contribution in [3.63, 3.8) is 0 Å². The van der Waals surface area contributed by atoms with Gasteiger partial charge in [-0.1, -0.05) is 30.3 Å². The van der Waals surface area contributed by atoms with E-state index in [2.05, 4.69) is 81.6 Å². The van der Waals surface area contributed by atoms with Gasteiger partial charge in [-0.15, -0.1) is 0 Å². The number of fused-ring (bicyclic) bond motifs is 1. The van der Waals surface area contributed by atoms with Crippen LogP contribution in [0.5, 0.6) is 0 Å². The Balaban J connectivity index is 1.38. The van der Waals surface area contributed by atoms with E-state index < -0.39 is 0 Å². The first kappa shape index (κ1) is 19.9. The molecule has 0 unspecified atom stereocenters. The van der Waals surface area contributed by atoms with Gasteiger partial charge in [0.25, 0.3) is 0 Å². The number of aliphatic imine (C=N–C) groups is 1. The van der Waals surface area contributed by atoms with Crippen molar-refractivity contribution in [2.24, 2.45) is 10.7 Å². The maximum absolute atomic E-state index is 6.46. The van der Waals surface area contributed by atoms with E-state index in [4.69, 9.17) is 10.7 Å². The number of nitrogens with one attached hydrogen (secondary N) is 2. The molecule has 0 bridgehead atoms. The molecule has 5 rings (SSSR count). The molecule has 0 amide bonds. The smallest absolute Gasteiger partial charge is 0.200 e. The molecule has 31 heavy (non-hydrogen) atoms. The monoisotopic (exact) mass is 417 g/mol. The van der Waals surface area contributed by atoms with E-state index >= 15 is 0 Å². The van der Waals surface area contributed by atoms with Crippen molar-refractivity contribution in [3.8, 4) is 0 Å². The van der Waals surface area contributed by atoms with E-state index in [-0.39, 0.29) is 11.1 Å². The molecule has 162 valence electrons. The molecule has 0 radical (unpaired) electrons. The summed E-state index contributed by atoms with van der Waals surface area (Å²) < 4.78 is 0. The predicted molar refractivity (Wildman–Crippen MR) is 128 cm³/mol. The van der Waals surface area contributed by atoms with Gasteiger partial charge in [0, 0.05) is 18.3 Å². The molecule has 2 aliphatic rings. The van der Waals surface area contributed by atoms with Crippen LogP contribution in [0.2, 0.25) is 0 Å². The van der Waals surface area contributed by atoms with Crippen LogP contribution in [0.1, 0.15) is 31.2 Å². The largest absolute Gasteiger partial charge is 0.369 e. The number of aromatic amines is 1. The van der Waals surface area contributed by atoms with Gasteiger partial charge in [-0.25, -0.2) is 9.98 Å². The molecule has 7 nitrogen and oxygen atoms in total. The highest BCUT2D eigenvalue weighted by atomic mass is 15.3. The fraction of sp³-hybridized carbons (Fsp3) is 0.417. The number of nitrogens with two attached hydrogens (primary N) is 1. The quantitative estimate of drug-likeness (QED) is 0.605. The van der Waals surface area contributed by atoms with Crippen LogP contribution >= 0.6 is 0 Å². The lowest BCUT2D eigenvalue weighted by molar-refractivity contribution is 0.0717. The first-order valence-corrected chi connectivity index (χ1v) is 11.0. The van der Waals surface area contributed by atoms with Crippen molar-refractivity contribution in [1.82, 2.24) is 14.9 Å². The van der Waals surface area contributed by atoms with Crippen molar-refractivity contribution in [2.75, 3.05) is 37.9 Å². The summed E-state index contributed by atoms with van der Waals surface area (Å²) in [4.78, 5) is 17.4. The Hall–Kier alpha value is -3.06. The van der Waals surface area contributed by atoms with Gasteiger partial charge in [-0.2, -0.15) is 0 Å². The maximum atomic E-state index is 6.46. The standard InChI is InChI=1S/C24H31N7/c1-26-22-27-19-10-9-18(15-20(19)28-22)31-16-23(29-21(31)25)11-13-24(14-12-23,30(2)3)17-7-5-4-6-8-17/h4-10,15H,11-14,16H2,1-3H3,(H2,25,29)(H2,26,27,28). The van der Waals surface area contributed by atoms with Crippen LogP contribution < -0.4 is 16.0 Å². The summed E-state index contributed by atoms with van der Waals surface area (Å²) in [6.07, 6.45) is 4.18. The number of H-pyrrole nitrogens is 1. The zero-order chi connectivity index (χ0) is 21.6. The summed E-state index contributed by atoms with van der Waals surface area (Å²) in [6, 6.07) is 17.1. The highest BCUT2D eigenvalue weighted by molar-refractivity contribution is 5.99. The van der Waals surface area contributed by atoms with Gasteiger partial charge in [-0.05, 0) is 63.5 Å². The SMILES string of the molecule is CNc1nc2ccc(N3CC4(CCC(c5ccccc5)(N(C)C)CC4)N=C3N)cc2[nH]1. The molecule has 1 aliphatic carbocycles. The van der Waals surface area contributed by atoms with Gasteiger partial charge in [0.1, 0.15) is 0 Å². The number of anilines is 2. The van der Waals surface area contributed by atoms with Crippen LogP contribution in [0.3, 0.4) is 0 Å². The molecule has 7 heteroatoms. The van der Waals surface area contributed by atoms with Crippen LogP contribution in [-0.4, -0.2) is 54.1 Å². The lowest BCUT2D eigenvalue weighted by Gasteiger charge is -2.48. The minimum absolute atomic E-state index is 0.0581. The average molecular weight is 418 g/mol. The van der Waals surface area contributed by atoms with E-state index in [1.54, 1.807) is 0 Å². The van der Waals surface area contributed by atoms with Crippen LogP contribution in [0.4, 0.5) is 11.6 Å². The van der Waals surface area contributed by atoms with Crippen molar-refractivity contribution in [2.45, 2.75) is 36.8 Å². The third-order valence-electron chi connectivity index (χ3n) is 7.27. The van der Waals surface area contributed by atoms with Gasteiger partial charge in [0.15, 0.2) is 5.96 Å². The molecule has 0 atom stereocenters. The average Bonchev–Trinajstić information content (AvgIpc) is 3.35. The van der Waals surface area contributed by atoms with Crippen LogP contribution in [0.25, 0.3) is 11.0 Å². The Morgan fingerprint density at radius 3 is 2.48 bits per heavy atom. The second-order valence-electron chi connectivity index (χ2n) is 9.11. The number of hydrogen-bond donors (Lipinski definition) is 3. The maximum Gasteiger partial charge on any atom is 0.200 e. The molecular weight excluding hydrogens is 386 g/mol. The summed E-state index contributed by atoms with van der Waals surface area (Å²) in [5.41, 5.74) is 10.8. The number of aromatic nitrogens is 2. The fourth-order valence-corrected chi connectivity index (χ4v) is 5.36. The van der Waals surface area contributed by atoms with Crippen molar-refractivity contribution in [1.29, 1.82) is 0 Å². The molecule has 4 N–H and O–H groups in total. The number of imidazole rings is 1. The molecule has 0 saturated heterocycles. The summed E-state index contributed by atoms with van der Waals surface area (Å²) >= 11 is 0. The van der Waals surface area contributed by atoms with Crippen molar-refractivity contribution < 1.29 is 0 Å². The number of hydrogen-bond acceptors (Lipinski definition) is 6.